The molecular weight excluding hydrogens is 226 g/mol. The largest absolute Gasteiger partial charge is 0.384 e. The molecule has 0 heterocycles. The first-order chi connectivity index (χ1) is 8.61. The highest BCUT2D eigenvalue weighted by Crippen LogP contribution is 2.32. The standard InChI is InChI=1S/C15H21NO2/c1-12(17)14(18)16-15(9-5-6-10-15)11-13-7-3-2-4-8-13/h2-4,7-8,12,17H,5-6,9-11H2,1H3,(H,16,18)/t12-/m0/s1. The van der Waals surface area contributed by atoms with Crippen LogP contribution in [0.4, 0.5) is 0 Å². The van der Waals surface area contributed by atoms with Crippen LogP contribution >= 0.6 is 0 Å². The number of hydrogen-bond acceptors (Lipinski definition) is 2. The van der Waals surface area contributed by atoms with Gasteiger partial charge >= 0.3 is 0 Å². The lowest BCUT2D eigenvalue weighted by Gasteiger charge is -2.31. The molecule has 0 aromatic heterocycles. The van der Waals surface area contributed by atoms with E-state index in [1.165, 1.54) is 12.5 Å². The van der Waals surface area contributed by atoms with Crippen molar-refractivity contribution in [3.8, 4) is 0 Å². The Labute approximate surface area is 108 Å². The molecule has 0 saturated heterocycles. The van der Waals surface area contributed by atoms with E-state index >= 15 is 0 Å². The van der Waals surface area contributed by atoms with Crippen molar-refractivity contribution in [2.45, 2.75) is 50.7 Å². The minimum absolute atomic E-state index is 0.157. The molecule has 3 nitrogen and oxygen atoms in total. The molecule has 98 valence electrons. The van der Waals surface area contributed by atoms with E-state index in [0.717, 1.165) is 32.1 Å². The number of aliphatic hydroxyl groups is 1. The average molecular weight is 247 g/mol. The number of hydrogen-bond donors (Lipinski definition) is 2. The molecule has 2 rings (SSSR count). The summed E-state index contributed by atoms with van der Waals surface area (Å²) >= 11 is 0. The summed E-state index contributed by atoms with van der Waals surface area (Å²) in [6, 6.07) is 10.2. The summed E-state index contributed by atoms with van der Waals surface area (Å²) in [4.78, 5) is 11.7. The molecule has 3 heteroatoms. The van der Waals surface area contributed by atoms with Gasteiger partial charge in [-0.15, -0.1) is 0 Å². The van der Waals surface area contributed by atoms with Gasteiger partial charge in [-0.05, 0) is 31.7 Å². The first-order valence-corrected chi connectivity index (χ1v) is 6.65. The van der Waals surface area contributed by atoms with Crippen LogP contribution in [-0.4, -0.2) is 22.7 Å². The Hall–Kier alpha value is -1.35. The first-order valence-electron chi connectivity index (χ1n) is 6.65. The second kappa shape index (κ2) is 5.53. The van der Waals surface area contributed by atoms with Crippen LogP contribution in [0.25, 0.3) is 0 Å². The van der Waals surface area contributed by atoms with Gasteiger partial charge in [-0.1, -0.05) is 43.2 Å². The predicted octanol–water partition coefficient (Wildman–Crippen LogP) is 2.04. The summed E-state index contributed by atoms with van der Waals surface area (Å²) in [5.74, 6) is -0.257. The number of amides is 1. The maximum atomic E-state index is 11.7. The normalized spacial score (nSPS) is 19.4. The zero-order chi connectivity index (χ0) is 13.0. The third-order valence-corrected chi connectivity index (χ3v) is 3.71. The highest BCUT2D eigenvalue weighted by Gasteiger charge is 2.35. The molecule has 1 fully saturated rings. The Morgan fingerprint density at radius 1 is 1.33 bits per heavy atom. The fourth-order valence-electron chi connectivity index (χ4n) is 2.75. The van der Waals surface area contributed by atoms with Crippen LogP contribution in [-0.2, 0) is 11.2 Å². The Balaban J connectivity index is 2.10. The van der Waals surface area contributed by atoms with Gasteiger partial charge in [0.15, 0.2) is 0 Å². The van der Waals surface area contributed by atoms with Crippen LogP contribution in [0.2, 0.25) is 0 Å². The SMILES string of the molecule is C[C@H](O)C(=O)NC1(Cc2ccccc2)CCCC1. The summed E-state index contributed by atoms with van der Waals surface area (Å²) in [6.45, 7) is 1.51. The molecular formula is C15H21NO2. The van der Waals surface area contributed by atoms with E-state index in [2.05, 4.69) is 17.4 Å². The summed E-state index contributed by atoms with van der Waals surface area (Å²) in [5, 5.41) is 12.4. The molecule has 1 aliphatic rings. The summed E-state index contributed by atoms with van der Waals surface area (Å²) in [6.07, 6.45) is 4.21. The lowest BCUT2D eigenvalue weighted by atomic mass is 9.89. The molecule has 1 aliphatic carbocycles. The minimum Gasteiger partial charge on any atom is -0.384 e. The third kappa shape index (κ3) is 3.10. The number of rotatable bonds is 4. The van der Waals surface area contributed by atoms with E-state index in [1.807, 2.05) is 18.2 Å². The molecule has 1 amide bonds. The Morgan fingerprint density at radius 2 is 1.94 bits per heavy atom. The lowest BCUT2D eigenvalue weighted by molar-refractivity contribution is -0.130. The van der Waals surface area contributed by atoms with Crippen LogP contribution < -0.4 is 5.32 Å². The van der Waals surface area contributed by atoms with Gasteiger partial charge in [0.05, 0.1) is 0 Å². The highest BCUT2D eigenvalue weighted by atomic mass is 16.3. The molecule has 1 atom stereocenters. The van der Waals surface area contributed by atoms with Crippen LogP contribution in [0.15, 0.2) is 30.3 Å². The van der Waals surface area contributed by atoms with Crippen molar-refractivity contribution >= 4 is 5.91 Å². The highest BCUT2D eigenvalue weighted by molar-refractivity contribution is 5.80. The average Bonchev–Trinajstić information content (AvgIpc) is 2.78. The molecule has 18 heavy (non-hydrogen) atoms. The van der Waals surface area contributed by atoms with Gasteiger partial charge in [-0.2, -0.15) is 0 Å². The van der Waals surface area contributed by atoms with E-state index < -0.39 is 6.10 Å². The molecule has 1 aromatic carbocycles. The van der Waals surface area contributed by atoms with Gasteiger partial charge in [0.2, 0.25) is 5.91 Å². The Kier molecular flexibility index (Phi) is 4.02. The van der Waals surface area contributed by atoms with Gasteiger partial charge in [0, 0.05) is 5.54 Å². The number of benzene rings is 1. The van der Waals surface area contributed by atoms with Gasteiger partial charge in [0.1, 0.15) is 6.10 Å². The maximum absolute atomic E-state index is 11.7. The van der Waals surface area contributed by atoms with Gasteiger partial charge in [0.25, 0.3) is 0 Å². The molecule has 2 N–H and O–H groups in total. The monoisotopic (exact) mass is 247 g/mol. The topological polar surface area (TPSA) is 49.3 Å². The summed E-state index contributed by atoms with van der Waals surface area (Å²) in [7, 11) is 0. The van der Waals surface area contributed by atoms with Gasteiger partial charge in [-0.3, -0.25) is 4.79 Å². The molecule has 0 aliphatic heterocycles. The van der Waals surface area contributed by atoms with Crippen molar-refractivity contribution in [1.29, 1.82) is 0 Å². The van der Waals surface area contributed by atoms with Crippen LogP contribution in [0.5, 0.6) is 0 Å². The predicted molar refractivity (Wildman–Crippen MR) is 71.2 cm³/mol. The van der Waals surface area contributed by atoms with Crippen molar-refractivity contribution in [1.82, 2.24) is 5.32 Å². The van der Waals surface area contributed by atoms with Gasteiger partial charge in [-0.25, -0.2) is 0 Å². The fraction of sp³-hybridized carbons (Fsp3) is 0.533. The summed E-state index contributed by atoms with van der Waals surface area (Å²) in [5.41, 5.74) is 1.08. The Bertz CT molecular complexity index is 394. The Morgan fingerprint density at radius 3 is 2.50 bits per heavy atom. The van der Waals surface area contributed by atoms with Gasteiger partial charge < -0.3 is 10.4 Å². The van der Waals surface area contributed by atoms with E-state index in [0.29, 0.717) is 0 Å². The van der Waals surface area contributed by atoms with Crippen LogP contribution in [0.1, 0.15) is 38.2 Å². The fourth-order valence-corrected chi connectivity index (χ4v) is 2.75. The van der Waals surface area contributed by atoms with Crippen molar-refractivity contribution in [2.75, 3.05) is 0 Å². The molecule has 1 saturated carbocycles. The zero-order valence-corrected chi connectivity index (χ0v) is 10.9. The third-order valence-electron chi connectivity index (χ3n) is 3.71. The second-order valence-corrected chi connectivity index (χ2v) is 5.32. The van der Waals surface area contributed by atoms with Crippen LogP contribution in [0, 0.1) is 0 Å². The maximum Gasteiger partial charge on any atom is 0.248 e. The summed E-state index contributed by atoms with van der Waals surface area (Å²) < 4.78 is 0. The smallest absolute Gasteiger partial charge is 0.248 e. The lowest BCUT2D eigenvalue weighted by Crippen LogP contribution is -2.51. The molecule has 0 radical (unpaired) electrons. The zero-order valence-electron chi connectivity index (χ0n) is 10.9. The quantitative estimate of drug-likeness (QED) is 0.855. The molecule has 0 unspecified atom stereocenters. The number of carbonyl (C=O) groups excluding carboxylic acids is 1. The number of aliphatic hydroxyl groups excluding tert-OH is 1. The molecule has 0 spiro atoms. The number of nitrogens with one attached hydrogen (secondary N) is 1. The van der Waals surface area contributed by atoms with Crippen molar-refractivity contribution in [3.05, 3.63) is 35.9 Å². The van der Waals surface area contributed by atoms with E-state index in [1.54, 1.807) is 0 Å². The second-order valence-electron chi connectivity index (χ2n) is 5.32. The molecule has 0 bridgehead atoms. The molecule has 1 aromatic rings. The first kappa shape index (κ1) is 13.1. The van der Waals surface area contributed by atoms with Crippen LogP contribution in [0.3, 0.4) is 0 Å². The minimum atomic E-state index is -0.932. The van der Waals surface area contributed by atoms with E-state index in [4.69, 9.17) is 0 Å². The van der Waals surface area contributed by atoms with Crippen molar-refractivity contribution in [3.63, 3.8) is 0 Å². The number of carbonyl (C=O) groups is 1. The van der Waals surface area contributed by atoms with Crippen molar-refractivity contribution in [2.24, 2.45) is 0 Å². The van der Waals surface area contributed by atoms with Crippen molar-refractivity contribution < 1.29 is 9.90 Å². The van der Waals surface area contributed by atoms with E-state index in [9.17, 15) is 9.90 Å². The van der Waals surface area contributed by atoms with E-state index in [-0.39, 0.29) is 11.4 Å².